The molecule has 0 unspecified atom stereocenters. The van der Waals surface area contributed by atoms with Gasteiger partial charge in [0.15, 0.2) is 18.1 Å². The smallest absolute Gasteiger partial charge is 0.262 e. The first kappa shape index (κ1) is 21.4. The maximum absolute atomic E-state index is 12.7. The van der Waals surface area contributed by atoms with Crippen LogP contribution in [0.2, 0.25) is 0 Å². The van der Waals surface area contributed by atoms with Gasteiger partial charge < -0.3 is 19.7 Å². The molecule has 6 heteroatoms. The van der Waals surface area contributed by atoms with Crippen molar-refractivity contribution in [3.05, 3.63) is 59.2 Å². The van der Waals surface area contributed by atoms with Crippen LogP contribution in [0.5, 0.6) is 11.5 Å². The summed E-state index contributed by atoms with van der Waals surface area (Å²) in [7, 11) is 1.56. The van der Waals surface area contributed by atoms with Crippen LogP contribution >= 0.6 is 0 Å². The third kappa shape index (κ3) is 5.00. The molecule has 1 aliphatic rings. The number of benzene rings is 2. The molecule has 0 saturated carbocycles. The fraction of sp³-hybridized carbons (Fsp3) is 0.333. The minimum absolute atomic E-state index is 0.0169. The summed E-state index contributed by atoms with van der Waals surface area (Å²) in [5.41, 5.74) is 2.98. The SMILES string of the molecule is C/C=C/c1ccc(OCC(=O)Nc2cccc(C(=O)N3CCCC3)c2C)c(OC)c1. The van der Waals surface area contributed by atoms with Crippen LogP contribution in [0, 0.1) is 6.92 Å². The molecule has 1 heterocycles. The molecule has 0 spiro atoms. The highest BCUT2D eigenvalue weighted by molar-refractivity contribution is 5.99. The second kappa shape index (κ2) is 9.96. The van der Waals surface area contributed by atoms with Crippen LogP contribution in [-0.4, -0.2) is 43.5 Å². The van der Waals surface area contributed by atoms with Crippen molar-refractivity contribution in [3.8, 4) is 11.5 Å². The van der Waals surface area contributed by atoms with E-state index in [1.807, 2.05) is 43.0 Å². The second-order valence-electron chi connectivity index (χ2n) is 7.22. The standard InChI is InChI=1S/C24H28N2O4/c1-4-8-18-11-12-21(22(15-18)29-3)30-16-23(27)25-20-10-7-9-19(17(20)2)24(28)26-13-5-6-14-26/h4,7-12,15H,5-6,13-14,16H2,1-3H3,(H,25,27)/b8-4+. The second-order valence-corrected chi connectivity index (χ2v) is 7.22. The summed E-state index contributed by atoms with van der Waals surface area (Å²) < 4.78 is 11.0. The number of hydrogen-bond acceptors (Lipinski definition) is 4. The topological polar surface area (TPSA) is 67.9 Å². The molecule has 30 heavy (non-hydrogen) atoms. The van der Waals surface area contributed by atoms with E-state index in [0.717, 1.165) is 37.1 Å². The van der Waals surface area contributed by atoms with Gasteiger partial charge in [-0.3, -0.25) is 9.59 Å². The number of ether oxygens (including phenoxy) is 2. The number of amides is 2. The fourth-order valence-corrected chi connectivity index (χ4v) is 3.52. The molecule has 1 N–H and O–H groups in total. The number of hydrogen-bond donors (Lipinski definition) is 1. The Kier molecular flexibility index (Phi) is 7.12. The molecule has 158 valence electrons. The van der Waals surface area contributed by atoms with Gasteiger partial charge in [0.05, 0.1) is 7.11 Å². The van der Waals surface area contributed by atoms with Crippen molar-refractivity contribution in [3.63, 3.8) is 0 Å². The molecule has 0 aliphatic carbocycles. The van der Waals surface area contributed by atoms with Gasteiger partial charge in [-0.1, -0.05) is 24.3 Å². The van der Waals surface area contributed by atoms with Gasteiger partial charge in [0.25, 0.3) is 11.8 Å². The highest BCUT2D eigenvalue weighted by Crippen LogP contribution is 2.29. The van der Waals surface area contributed by atoms with E-state index in [9.17, 15) is 9.59 Å². The van der Waals surface area contributed by atoms with Gasteiger partial charge in [-0.15, -0.1) is 0 Å². The average Bonchev–Trinajstić information content (AvgIpc) is 3.29. The molecular weight excluding hydrogens is 380 g/mol. The van der Waals surface area contributed by atoms with Crippen LogP contribution in [0.1, 0.15) is 41.3 Å². The van der Waals surface area contributed by atoms with Crippen molar-refractivity contribution < 1.29 is 19.1 Å². The quantitative estimate of drug-likeness (QED) is 0.742. The van der Waals surface area contributed by atoms with Crippen LogP contribution in [0.15, 0.2) is 42.5 Å². The summed E-state index contributed by atoms with van der Waals surface area (Å²) >= 11 is 0. The monoisotopic (exact) mass is 408 g/mol. The van der Waals surface area contributed by atoms with E-state index in [-0.39, 0.29) is 18.4 Å². The number of allylic oxidation sites excluding steroid dienone is 1. The van der Waals surface area contributed by atoms with Gasteiger partial charge in [0.1, 0.15) is 0 Å². The third-order valence-electron chi connectivity index (χ3n) is 5.14. The lowest BCUT2D eigenvalue weighted by molar-refractivity contribution is -0.118. The van der Waals surface area contributed by atoms with E-state index in [2.05, 4.69) is 5.32 Å². The minimum Gasteiger partial charge on any atom is -0.493 e. The van der Waals surface area contributed by atoms with Crippen LogP contribution in [-0.2, 0) is 4.79 Å². The summed E-state index contributed by atoms with van der Waals surface area (Å²) in [6.45, 7) is 5.21. The molecular formula is C24H28N2O4. The van der Waals surface area contributed by atoms with Crippen LogP contribution < -0.4 is 14.8 Å². The third-order valence-corrected chi connectivity index (χ3v) is 5.14. The molecule has 0 bridgehead atoms. The van der Waals surface area contributed by atoms with Gasteiger partial charge in [-0.05, 0) is 62.1 Å². The molecule has 6 nitrogen and oxygen atoms in total. The Balaban J connectivity index is 1.65. The molecule has 2 aromatic rings. The summed E-state index contributed by atoms with van der Waals surface area (Å²) in [6.07, 6.45) is 5.97. The Hall–Kier alpha value is -3.28. The Bertz CT molecular complexity index is 946. The van der Waals surface area contributed by atoms with Crippen molar-refractivity contribution in [2.24, 2.45) is 0 Å². The number of rotatable bonds is 7. The Morgan fingerprint density at radius 2 is 1.90 bits per heavy atom. The number of anilines is 1. The van der Waals surface area contributed by atoms with Gasteiger partial charge in [0, 0.05) is 24.3 Å². The Morgan fingerprint density at radius 1 is 1.13 bits per heavy atom. The maximum atomic E-state index is 12.7. The zero-order valence-electron chi connectivity index (χ0n) is 17.7. The summed E-state index contributed by atoms with van der Waals surface area (Å²) in [5, 5.41) is 2.85. The van der Waals surface area contributed by atoms with Crippen molar-refractivity contribution in [2.75, 3.05) is 32.1 Å². The molecule has 3 rings (SSSR count). The number of nitrogens with one attached hydrogen (secondary N) is 1. The lowest BCUT2D eigenvalue weighted by Crippen LogP contribution is -2.28. The van der Waals surface area contributed by atoms with Crippen molar-refractivity contribution in [1.82, 2.24) is 4.90 Å². The molecule has 1 fully saturated rings. The van der Waals surface area contributed by atoms with Crippen molar-refractivity contribution in [1.29, 1.82) is 0 Å². The number of likely N-dealkylation sites (tertiary alicyclic amines) is 1. The minimum atomic E-state index is -0.302. The number of carbonyl (C=O) groups is 2. The summed E-state index contributed by atoms with van der Waals surface area (Å²) in [5.74, 6) is 0.773. The number of nitrogens with zero attached hydrogens (tertiary/aromatic N) is 1. The molecule has 0 aromatic heterocycles. The van der Waals surface area contributed by atoms with Gasteiger partial charge >= 0.3 is 0 Å². The zero-order valence-corrected chi connectivity index (χ0v) is 17.7. The van der Waals surface area contributed by atoms with E-state index < -0.39 is 0 Å². The van der Waals surface area contributed by atoms with E-state index >= 15 is 0 Å². The van der Waals surface area contributed by atoms with Crippen molar-refractivity contribution in [2.45, 2.75) is 26.7 Å². The van der Waals surface area contributed by atoms with E-state index in [4.69, 9.17) is 9.47 Å². The normalized spacial score (nSPS) is 13.5. The molecule has 2 aromatic carbocycles. The van der Waals surface area contributed by atoms with Crippen molar-refractivity contribution >= 4 is 23.6 Å². The number of methoxy groups -OCH3 is 1. The zero-order chi connectivity index (χ0) is 21.5. The van der Waals surface area contributed by atoms with E-state index in [1.54, 1.807) is 31.4 Å². The first-order chi connectivity index (χ1) is 14.5. The lowest BCUT2D eigenvalue weighted by Gasteiger charge is -2.18. The van der Waals surface area contributed by atoms with Gasteiger partial charge in [-0.25, -0.2) is 0 Å². The highest BCUT2D eigenvalue weighted by Gasteiger charge is 2.22. The highest BCUT2D eigenvalue weighted by atomic mass is 16.5. The molecule has 1 saturated heterocycles. The van der Waals surface area contributed by atoms with Crippen LogP contribution in [0.25, 0.3) is 6.08 Å². The first-order valence-electron chi connectivity index (χ1n) is 10.2. The first-order valence-corrected chi connectivity index (χ1v) is 10.2. The molecule has 2 amide bonds. The lowest BCUT2D eigenvalue weighted by atomic mass is 10.1. The fourth-order valence-electron chi connectivity index (χ4n) is 3.52. The molecule has 1 aliphatic heterocycles. The van der Waals surface area contributed by atoms with Gasteiger partial charge in [0.2, 0.25) is 0 Å². The predicted octanol–water partition coefficient (Wildman–Crippen LogP) is 4.29. The predicted molar refractivity (Wildman–Crippen MR) is 118 cm³/mol. The van der Waals surface area contributed by atoms with E-state index in [1.165, 1.54) is 0 Å². The summed E-state index contributed by atoms with van der Waals surface area (Å²) in [6, 6.07) is 10.9. The molecule has 0 atom stereocenters. The Morgan fingerprint density at radius 3 is 2.60 bits per heavy atom. The largest absolute Gasteiger partial charge is 0.493 e. The summed E-state index contributed by atoms with van der Waals surface area (Å²) in [4.78, 5) is 27.1. The number of carbonyl (C=O) groups excluding carboxylic acids is 2. The van der Waals surface area contributed by atoms with Gasteiger partial charge in [-0.2, -0.15) is 0 Å². The van der Waals surface area contributed by atoms with E-state index in [0.29, 0.717) is 22.7 Å². The van der Waals surface area contributed by atoms with Crippen LogP contribution in [0.4, 0.5) is 5.69 Å². The van der Waals surface area contributed by atoms with Crippen LogP contribution in [0.3, 0.4) is 0 Å². The molecule has 0 radical (unpaired) electrons. The average molecular weight is 408 g/mol. The maximum Gasteiger partial charge on any atom is 0.262 e. The Labute approximate surface area is 177 Å².